The van der Waals surface area contributed by atoms with Crippen molar-refractivity contribution in [2.75, 3.05) is 0 Å². The zero-order valence-corrected chi connectivity index (χ0v) is 5.88. The molecule has 0 aliphatic heterocycles. The van der Waals surface area contributed by atoms with E-state index in [0.29, 0.717) is 0 Å². The summed E-state index contributed by atoms with van der Waals surface area (Å²) in [5.74, 6) is 0. The maximum Gasteiger partial charge on any atom is -0.0350 e. The highest BCUT2D eigenvalue weighted by Crippen LogP contribution is 1.88. The van der Waals surface area contributed by atoms with Gasteiger partial charge in [-0.1, -0.05) is 50.3 Å². The standard InChI is InChI=1S/C9H13/c1-3-5-7-9-8-6-4-2/h1,3,5,7-9H,4,6H2,2H3. The van der Waals surface area contributed by atoms with Gasteiger partial charge in [-0.15, -0.1) is 0 Å². The first-order valence-corrected chi connectivity index (χ1v) is 3.28. The number of hydrogen-bond acceptors (Lipinski definition) is 0. The van der Waals surface area contributed by atoms with Crippen LogP contribution in [0.3, 0.4) is 0 Å². The lowest BCUT2D eigenvalue weighted by atomic mass is 10.3. The molecular weight excluding hydrogens is 108 g/mol. The maximum absolute atomic E-state index is 5.10. The molecule has 0 atom stereocenters. The summed E-state index contributed by atoms with van der Waals surface area (Å²) in [4.78, 5) is 0. The van der Waals surface area contributed by atoms with E-state index in [4.69, 9.17) is 6.58 Å². The Morgan fingerprint density at radius 1 is 1.22 bits per heavy atom. The Bertz CT molecular complexity index is 107. The lowest BCUT2D eigenvalue weighted by Crippen LogP contribution is -1.57. The molecule has 0 nitrogen and oxygen atoms in total. The number of hydrogen-bond donors (Lipinski definition) is 0. The maximum atomic E-state index is 5.10. The van der Waals surface area contributed by atoms with E-state index in [1.807, 2.05) is 18.2 Å². The van der Waals surface area contributed by atoms with E-state index in [-0.39, 0.29) is 0 Å². The SMILES string of the molecule is [CH]=CC=CC=CCCC. The van der Waals surface area contributed by atoms with Gasteiger partial charge in [0.25, 0.3) is 0 Å². The Morgan fingerprint density at radius 3 is 2.56 bits per heavy atom. The van der Waals surface area contributed by atoms with Crippen LogP contribution in [0.5, 0.6) is 0 Å². The molecule has 0 aliphatic carbocycles. The molecule has 0 spiro atoms. The van der Waals surface area contributed by atoms with Gasteiger partial charge in [-0.2, -0.15) is 0 Å². The molecule has 49 valence electrons. The van der Waals surface area contributed by atoms with Crippen LogP contribution in [0.25, 0.3) is 0 Å². The third-order valence-corrected chi connectivity index (χ3v) is 0.925. The fraction of sp³-hybridized carbons (Fsp3) is 0.333. The van der Waals surface area contributed by atoms with Crippen LogP contribution in [0.1, 0.15) is 19.8 Å². The van der Waals surface area contributed by atoms with Crippen LogP contribution in [0, 0.1) is 6.58 Å². The predicted molar refractivity (Wildman–Crippen MR) is 42.1 cm³/mol. The Labute approximate surface area is 57.6 Å². The summed E-state index contributed by atoms with van der Waals surface area (Å²) < 4.78 is 0. The zero-order chi connectivity index (χ0) is 6.95. The third-order valence-electron chi connectivity index (χ3n) is 0.925. The van der Waals surface area contributed by atoms with Crippen molar-refractivity contribution in [3.05, 3.63) is 37.0 Å². The Morgan fingerprint density at radius 2 is 2.00 bits per heavy atom. The van der Waals surface area contributed by atoms with E-state index < -0.39 is 0 Å². The molecule has 0 aromatic carbocycles. The largest absolute Gasteiger partial charge is 0.0845 e. The predicted octanol–water partition coefficient (Wildman–Crippen LogP) is 2.89. The van der Waals surface area contributed by atoms with Gasteiger partial charge in [0.15, 0.2) is 0 Å². The molecule has 0 saturated carbocycles. The first kappa shape index (κ1) is 8.22. The highest BCUT2D eigenvalue weighted by molar-refractivity contribution is 5.07. The van der Waals surface area contributed by atoms with Crippen molar-refractivity contribution >= 4 is 0 Å². The van der Waals surface area contributed by atoms with Gasteiger partial charge < -0.3 is 0 Å². The molecule has 0 aliphatic rings. The lowest BCUT2D eigenvalue weighted by molar-refractivity contribution is 0.959. The topological polar surface area (TPSA) is 0 Å². The Balaban J connectivity index is 3.23. The average molecular weight is 121 g/mol. The molecule has 0 aromatic rings. The minimum atomic E-state index is 1.15. The molecule has 0 fully saturated rings. The number of allylic oxidation sites excluding steroid dienone is 5. The van der Waals surface area contributed by atoms with Crippen LogP contribution in [-0.2, 0) is 0 Å². The fourth-order valence-electron chi connectivity index (χ4n) is 0.470. The molecule has 0 rings (SSSR count). The molecule has 0 N–H and O–H groups in total. The second-order valence-electron chi connectivity index (χ2n) is 1.79. The summed E-state index contributed by atoms with van der Waals surface area (Å²) >= 11 is 0. The number of unbranched alkanes of at least 4 members (excludes halogenated alkanes) is 1. The molecule has 0 heteroatoms. The molecule has 0 bridgehead atoms. The van der Waals surface area contributed by atoms with E-state index in [2.05, 4.69) is 13.0 Å². The monoisotopic (exact) mass is 121 g/mol. The molecule has 0 heterocycles. The van der Waals surface area contributed by atoms with Crippen molar-refractivity contribution in [1.82, 2.24) is 0 Å². The van der Waals surface area contributed by atoms with Crippen molar-refractivity contribution in [2.45, 2.75) is 19.8 Å². The van der Waals surface area contributed by atoms with Gasteiger partial charge in [-0.3, -0.25) is 0 Å². The second-order valence-corrected chi connectivity index (χ2v) is 1.79. The molecule has 1 radical (unpaired) electrons. The zero-order valence-electron chi connectivity index (χ0n) is 5.88. The van der Waals surface area contributed by atoms with E-state index in [1.165, 1.54) is 12.5 Å². The first-order valence-electron chi connectivity index (χ1n) is 3.28. The second kappa shape index (κ2) is 7.22. The van der Waals surface area contributed by atoms with Crippen molar-refractivity contribution in [1.29, 1.82) is 0 Å². The summed E-state index contributed by atoms with van der Waals surface area (Å²) in [6.07, 6.45) is 11.7. The van der Waals surface area contributed by atoms with Gasteiger partial charge in [-0.05, 0) is 6.42 Å². The van der Waals surface area contributed by atoms with Crippen molar-refractivity contribution in [2.24, 2.45) is 0 Å². The van der Waals surface area contributed by atoms with Crippen LogP contribution >= 0.6 is 0 Å². The lowest BCUT2D eigenvalue weighted by Gasteiger charge is -1.78. The van der Waals surface area contributed by atoms with Crippen LogP contribution in [0.15, 0.2) is 30.4 Å². The average Bonchev–Trinajstić information content (AvgIpc) is 1.89. The summed E-state index contributed by atoms with van der Waals surface area (Å²) in [6.45, 7) is 7.25. The minimum Gasteiger partial charge on any atom is -0.0845 e. The Hall–Kier alpha value is -0.780. The minimum absolute atomic E-state index is 1.15. The van der Waals surface area contributed by atoms with E-state index in [0.717, 1.165) is 6.42 Å². The van der Waals surface area contributed by atoms with Gasteiger partial charge in [0, 0.05) is 0 Å². The van der Waals surface area contributed by atoms with Gasteiger partial charge in [0.2, 0.25) is 0 Å². The van der Waals surface area contributed by atoms with Crippen LogP contribution in [-0.4, -0.2) is 0 Å². The van der Waals surface area contributed by atoms with Gasteiger partial charge in [-0.25, -0.2) is 0 Å². The molecule has 0 amide bonds. The summed E-state index contributed by atoms with van der Waals surface area (Å²) in [5, 5.41) is 0. The molecule has 9 heavy (non-hydrogen) atoms. The van der Waals surface area contributed by atoms with Crippen molar-refractivity contribution < 1.29 is 0 Å². The Kier molecular flexibility index (Phi) is 6.59. The summed E-state index contributed by atoms with van der Waals surface area (Å²) in [5.41, 5.74) is 0. The van der Waals surface area contributed by atoms with E-state index in [1.54, 1.807) is 0 Å². The highest BCUT2D eigenvalue weighted by Gasteiger charge is 1.67. The van der Waals surface area contributed by atoms with Gasteiger partial charge in [0.05, 0.1) is 0 Å². The molecule has 0 aromatic heterocycles. The normalized spacial score (nSPS) is 11.2. The third kappa shape index (κ3) is 7.22. The summed E-state index contributed by atoms with van der Waals surface area (Å²) in [6, 6.07) is 0. The van der Waals surface area contributed by atoms with Crippen molar-refractivity contribution in [3.8, 4) is 0 Å². The van der Waals surface area contributed by atoms with E-state index >= 15 is 0 Å². The van der Waals surface area contributed by atoms with E-state index in [9.17, 15) is 0 Å². The fourth-order valence-corrected chi connectivity index (χ4v) is 0.470. The smallest absolute Gasteiger partial charge is 0.0350 e. The van der Waals surface area contributed by atoms with Gasteiger partial charge >= 0.3 is 0 Å². The van der Waals surface area contributed by atoms with Crippen LogP contribution in [0.2, 0.25) is 0 Å². The first-order chi connectivity index (χ1) is 4.41. The van der Waals surface area contributed by atoms with Crippen LogP contribution < -0.4 is 0 Å². The highest BCUT2D eigenvalue weighted by atomic mass is 13.7. The van der Waals surface area contributed by atoms with Gasteiger partial charge in [0.1, 0.15) is 0 Å². The van der Waals surface area contributed by atoms with Crippen molar-refractivity contribution in [3.63, 3.8) is 0 Å². The molecular formula is C9H13. The molecule has 0 saturated heterocycles. The quantitative estimate of drug-likeness (QED) is 0.502. The summed E-state index contributed by atoms with van der Waals surface area (Å²) in [7, 11) is 0. The number of rotatable bonds is 4. The molecule has 0 unspecified atom stereocenters. The van der Waals surface area contributed by atoms with Crippen LogP contribution in [0.4, 0.5) is 0 Å².